The van der Waals surface area contributed by atoms with Crippen LogP contribution in [-0.2, 0) is 4.79 Å². The molecule has 1 amide bonds. The van der Waals surface area contributed by atoms with E-state index in [1.54, 1.807) is 6.92 Å². The highest BCUT2D eigenvalue weighted by atomic mass is 19.4. The minimum absolute atomic E-state index is 0.0667. The lowest BCUT2D eigenvalue weighted by molar-refractivity contribution is -0.164. The molecule has 1 saturated carbocycles. The number of halogens is 3. The fourth-order valence-corrected chi connectivity index (χ4v) is 2.12. The number of carbonyl (C=O) groups excluding carboxylic acids is 1. The van der Waals surface area contributed by atoms with Gasteiger partial charge in [-0.25, -0.2) is 0 Å². The quantitative estimate of drug-likeness (QED) is 0.779. The van der Waals surface area contributed by atoms with Crippen molar-refractivity contribution in [3.63, 3.8) is 0 Å². The summed E-state index contributed by atoms with van der Waals surface area (Å²) in [5.41, 5.74) is 5.61. The summed E-state index contributed by atoms with van der Waals surface area (Å²) in [6.45, 7) is 2.47. The lowest BCUT2D eigenvalue weighted by Gasteiger charge is -2.26. The van der Waals surface area contributed by atoms with Crippen LogP contribution in [0.5, 0.6) is 0 Å². The van der Waals surface area contributed by atoms with Crippen molar-refractivity contribution < 1.29 is 18.0 Å². The molecule has 0 aromatic heterocycles. The first-order chi connectivity index (χ1) is 8.70. The van der Waals surface area contributed by atoms with E-state index in [0.29, 0.717) is 19.3 Å². The number of nitrogens with two attached hydrogens (primary N) is 1. The molecule has 0 saturated heterocycles. The summed E-state index contributed by atoms with van der Waals surface area (Å²) >= 11 is 0. The molecule has 0 heterocycles. The summed E-state index contributed by atoms with van der Waals surface area (Å²) in [4.78, 5) is 13.1. The molecule has 1 rings (SSSR count). The molecule has 1 aliphatic carbocycles. The molecule has 3 nitrogen and oxygen atoms in total. The average molecular weight is 280 g/mol. The van der Waals surface area contributed by atoms with Crippen LogP contribution in [0, 0.1) is 5.92 Å². The van der Waals surface area contributed by atoms with Crippen molar-refractivity contribution in [3.8, 4) is 0 Å². The van der Waals surface area contributed by atoms with Gasteiger partial charge in [0.2, 0.25) is 5.91 Å². The van der Waals surface area contributed by atoms with Crippen LogP contribution in [0.3, 0.4) is 0 Å². The third-order valence-corrected chi connectivity index (χ3v) is 3.34. The van der Waals surface area contributed by atoms with Gasteiger partial charge in [-0.1, -0.05) is 13.3 Å². The largest absolute Gasteiger partial charge is 0.406 e. The van der Waals surface area contributed by atoms with E-state index < -0.39 is 12.7 Å². The second kappa shape index (κ2) is 6.59. The van der Waals surface area contributed by atoms with Gasteiger partial charge in [0.1, 0.15) is 6.54 Å². The lowest BCUT2D eigenvalue weighted by Crippen LogP contribution is -2.43. The molecule has 0 radical (unpaired) electrons. The summed E-state index contributed by atoms with van der Waals surface area (Å²) < 4.78 is 37.4. The molecule has 19 heavy (non-hydrogen) atoms. The van der Waals surface area contributed by atoms with E-state index in [4.69, 9.17) is 5.73 Å². The van der Waals surface area contributed by atoms with Gasteiger partial charge in [0, 0.05) is 18.0 Å². The Kier molecular flexibility index (Phi) is 5.64. The van der Waals surface area contributed by atoms with Gasteiger partial charge in [-0.2, -0.15) is 13.2 Å². The van der Waals surface area contributed by atoms with Crippen LogP contribution in [-0.4, -0.2) is 35.6 Å². The molecule has 2 atom stereocenters. The number of alkyl halides is 3. The number of hydrogen-bond donors (Lipinski definition) is 1. The average Bonchev–Trinajstić information content (AvgIpc) is 3.06. The van der Waals surface area contributed by atoms with Crippen molar-refractivity contribution in [1.29, 1.82) is 0 Å². The first-order valence-electron chi connectivity index (χ1n) is 6.83. The van der Waals surface area contributed by atoms with E-state index in [9.17, 15) is 18.0 Å². The summed E-state index contributed by atoms with van der Waals surface area (Å²) in [5, 5.41) is 0. The van der Waals surface area contributed by atoms with Crippen molar-refractivity contribution in [2.24, 2.45) is 11.7 Å². The number of rotatable bonds is 7. The molecule has 6 heteroatoms. The van der Waals surface area contributed by atoms with E-state index in [0.717, 1.165) is 17.7 Å². The van der Waals surface area contributed by atoms with E-state index in [1.165, 1.54) is 0 Å². The predicted molar refractivity (Wildman–Crippen MR) is 67.5 cm³/mol. The Morgan fingerprint density at radius 2 is 1.89 bits per heavy atom. The van der Waals surface area contributed by atoms with Gasteiger partial charge in [0.05, 0.1) is 0 Å². The Labute approximate surface area is 112 Å². The Bertz CT molecular complexity index is 301. The zero-order valence-electron chi connectivity index (χ0n) is 11.5. The normalized spacial score (nSPS) is 19.1. The van der Waals surface area contributed by atoms with Crippen molar-refractivity contribution in [1.82, 2.24) is 4.90 Å². The van der Waals surface area contributed by atoms with Crippen LogP contribution in [0.2, 0.25) is 0 Å². The monoisotopic (exact) mass is 280 g/mol. The predicted octanol–water partition coefficient (Wildman–Crippen LogP) is 2.69. The molecule has 0 spiro atoms. The molecule has 0 aliphatic heterocycles. The summed E-state index contributed by atoms with van der Waals surface area (Å²) in [6.07, 6.45) is -0.774. The molecule has 1 aliphatic rings. The van der Waals surface area contributed by atoms with Crippen molar-refractivity contribution in [2.75, 3.05) is 6.54 Å². The molecular weight excluding hydrogens is 257 g/mol. The highest BCUT2D eigenvalue weighted by Gasteiger charge is 2.41. The maximum absolute atomic E-state index is 12.5. The van der Waals surface area contributed by atoms with Gasteiger partial charge in [-0.3, -0.25) is 4.79 Å². The Morgan fingerprint density at radius 1 is 1.32 bits per heavy atom. The van der Waals surface area contributed by atoms with Crippen molar-refractivity contribution in [2.45, 2.75) is 64.2 Å². The lowest BCUT2D eigenvalue weighted by atomic mass is 10.0. The Hall–Kier alpha value is -0.780. The molecule has 2 unspecified atom stereocenters. The maximum atomic E-state index is 12.5. The van der Waals surface area contributed by atoms with Crippen LogP contribution >= 0.6 is 0 Å². The zero-order chi connectivity index (χ0) is 14.6. The van der Waals surface area contributed by atoms with E-state index in [2.05, 4.69) is 0 Å². The molecule has 1 fully saturated rings. The number of amides is 1. The second-order valence-electron chi connectivity index (χ2n) is 5.62. The Morgan fingerprint density at radius 3 is 2.32 bits per heavy atom. The van der Waals surface area contributed by atoms with Crippen LogP contribution in [0.1, 0.15) is 46.0 Å². The summed E-state index contributed by atoms with van der Waals surface area (Å²) in [7, 11) is 0. The van der Waals surface area contributed by atoms with Crippen LogP contribution < -0.4 is 5.73 Å². The number of carbonyl (C=O) groups is 1. The first kappa shape index (κ1) is 16.3. The van der Waals surface area contributed by atoms with Crippen LogP contribution in [0.15, 0.2) is 0 Å². The van der Waals surface area contributed by atoms with Gasteiger partial charge < -0.3 is 10.6 Å². The maximum Gasteiger partial charge on any atom is 0.406 e. The fraction of sp³-hybridized carbons (Fsp3) is 0.923. The van der Waals surface area contributed by atoms with Crippen molar-refractivity contribution >= 4 is 5.91 Å². The van der Waals surface area contributed by atoms with E-state index >= 15 is 0 Å². The Balaban J connectivity index is 2.47. The van der Waals surface area contributed by atoms with E-state index in [1.807, 2.05) is 6.92 Å². The third-order valence-electron chi connectivity index (χ3n) is 3.34. The fourth-order valence-electron chi connectivity index (χ4n) is 2.12. The topological polar surface area (TPSA) is 46.3 Å². The first-order valence-corrected chi connectivity index (χ1v) is 6.83. The molecule has 2 N–H and O–H groups in total. The van der Waals surface area contributed by atoms with Gasteiger partial charge in [-0.05, 0) is 32.6 Å². The molecule has 112 valence electrons. The molecule has 0 aromatic carbocycles. The zero-order valence-corrected chi connectivity index (χ0v) is 11.5. The van der Waals surface area contributed by atoms with Crippen LogP contribution in [0.25, 0.3) is 0 Å². The summed E-state index contributed by atoms with van der Waals surface area (Å²) in [5.74, 6) is -0.730. The molecule has 0 aromatic rings. The second-order valence-corrected chi connectivity index (χ2v) is 5.62. The van der Waals surface area contributed by atoms with Gasteiger partial charge in [-0.15, -0.1) is 0 Å². The molecule has 0 bridgehead atoms. The minimum atomic E-state index is -4.32. The van der Waals surface area contributed by atoms with Gasteiger partial charge in [0.25, 0.3) is 0 Å². The van der Waals surface area contributed by atoms with Crippen LogP contribution in [0.4, 0.5) is 13.2 Å². The number of hydrogen-bond acceptors (Lipinski definition) is 2. The van der Waals surface area contributed by atoms with Crippen molar-refractivity contribution in [3.05, 3.63) is 0 Å². The third kappa shape index (κ3) is 6.27. The number of nitrogens with zero attached hydrogens (tertiary/aromatic N) is 1. The minimum Gasteiger partial charge on any atom is -0.330 e. The van der Waals surface area contributed by atoms with Gasteiger partial charge in [0.15, 0.2) is 0 Å². The summed E-state index contributed by atoms with van der Waals surface area (Å²) in [6, 6.07) is -0.137. The SMILES string of the molecule is CC(N)CCCC(C)C(=O)N(CC(F)(F)F)C1CC1. The highest BCUT2D eigenvalue weighted by Crippen LogP contribution is 2.31. The standard InChI is InChI=1S/C13H23F3N2O/c1-9(4-3-5-10(2)17)12(19)18(11-6-7-11)8-13(14,15)16/h9-11H,3-8,17H2,1-2H3. The van der Waals surface area contributed by atoms with E-state index in [-0.39, 0.29) is 23.9 Å². The smallest absolute Gasteiger partial charge is 0.330 e. The highest BCUT2D eigenvalue weighted by molar-refractivity contribution is 5.79. The van der Waals surface area contributed by atoms with Gasteiger partial charge >= 0.3 is 6.18 Å². The molecular formula is C13H23F3N2O.